The first-order valence-electron chi connectivity index (χ1n) is 4.75. The normalized spacial score (nSPS) is 11.4. The zero-order valence-electron chi connectivity index (χ0n) is 8.98. The van der Waals surface area contributed by atoms with Gasteiger partial charge in [-0.2, -0.15) is 0 Å². The van der Waals surface area contributed by atoms with Crippen LogP contribution in [0.3, 0.4) is 0 Å². The average molecular weight is 287 g/mol. The molecule has 0 aromatic carbocycles. The maximum Gasteiger partial charge on any atom is 0.327 e. The average Bonchev–Trinajstić information content (AvgIpc) is 2.27. The fourth-order valence-corrected chi connectivity index (χ4v) is 1.57. The van der Waals surface area contributed by atoms with Crippen LogP contribution in [0, 0.1) is 12.3 Å². The zero-order valence-corrected chi connectivity index (χ0v) is 10.5. The molecule has 1 heterocycles. The molecule has 0 radical (unpaired) electrons. The van der Waals surface area contributed by atoms with Crippen molar-refractivity contribution in [3.63, 3.8) is 0 Å². The maximum absolute atomic E-state index is 11.8. The van der Waals surface area contributed by atoms with Gasteiger partial charge >= 0.3 is 5.97 Å². The molecule has 0 aliphatic rings. The van der Waals surface area contributed by atoms with Crippen molar-refractivity contribution in [3.05, 3.63) is 28.0 Å². The van der Waals surface area contributed by atoms with Gasteiger partial charge in [0.05, 0.1) is 5.56 Å². The lowest BCUT2D eigenvalue weighted by Crippen LogP contribution is -2.40. The summed E-state index contributed by atoms with van der Waals surface area (Å²) in [6.07, 6.45) is 4.89. The lowest BCUT2D eigenvalue weighted by atomic mass is 10.2. The van der Waals surface area contributed by atoms with Crippen molar-refractivity contribution in [3.8, 4) is 12.3 Å². The Labute approximate surface area is 113 Å². The molecule has 5 nitrogen and oxygen atoms in total. The molecular weight excluding hydrogens is 279 g/mol. The Kier molecular flexibility index (Phi) is 4.95. The highest BCUT2D eigenvalue weighted by Gasteiger charge is 2.21. The van der Waals surface area contributed by atoms with Crippen LogP contribution in [-0.4, -0.2) is 28.0 Å². The number of carbonyl (C=O) groups is 2. The predicted molar refractivity (Wildman–Crippen MR) is 66.6 cm³/mol. The standard InChI is InChI=1S/C11H8Cl2N2O3/c1-2-3-7(11(17)18)14-10(16)6-4-5-8(12)15-9(6)13/h1,4-5,7H,3H2,(H,14,16)(H,17,18). The summed E-state index contributed by atoms with van der Waals surface area (Å²) in [5, 5.41) is 11.1. The number of terminal acetylenes is 1. The minimum absolute atomic E-state index is 0.0318. The number of rotatable bonds is 4. The summed E-state index contributed by atoms with van der Waals surface area (Å²) < 4.78 is 0. The van der Waals surface area contributed by atoms with E-state index in [-0.39, 0.29) is 22.3 Å². The molecule has 0 saturated carbocycles. The molecule has 18 heavy (non-hydrogen) atoms. The van der Waals surface area contributed by atoms with Gasteiger partial charge in [-0.1, -0.05) is 23.2 Å². The van der Waals surface area contributed by atoms with E-state index in [0.29, 0.717) is 0 Å². The van der Waals surface area contributed by atoms with Crippen LogP contribution < -0.4 is 5.32 Å². The van der Waals surface area contributed by atoms with Crippen LogP contribution in [0.4, 0.5) is 0 Å². The molecule has 0 aliphatic carbocycles. The van der Waals surface area contributed by atoms with Gasteiger partial charge in [0.25, 0.3) is 5.91 Å². The third-order valence-electron chi connectivity index (χ3n) is 1.98. The smallest absolute Gasteiger partial charge is 0.327 e. The maximum atomic E-state index is 11.8. The van der Waals surface area contributed by atoms with Gasteiger partial charge in [-0.25, -0.2) is 9.78 Å². The highest BCUT2D eigenvalue weighted by molar-refractivity contribution is 6.34. The number of pyridine rings is 1. The Morgan fingerprint density at radius 2 is 2.17 bits per heavy atom. The fourth-order valence-electron chi connectivity index (χ4n) is 1.14. The van der Waals surface area contributed by atoms with E-state index in [1.807, 2.05) is 0 Å². The van der Waals surface area contributed by atoms with Gasteiger partial charge in [0.2, 0.25) is 0 Å². The number of carbonyl (C=O) groups excluding carboxylic acids is 1. The van der Waals surface area contributed by atoms with Crippen LogP contribution in [0.15, 0.2) is 12.1 Å². The van der Waals surface area contributed by atoms with Crippen LogP contribution in [0.5, 0.6) is 0 Å². The van der Waals surface area contributed by atoms with Gasteiger partial charge in [-0.05, 0) is 12.1 Å². The highest BCUT2D eigenvalue weighted by atomic mass is 35.5. The Morgan fingerprint density at radius 1 is 1.50 bits per heavy atom. The predicted octanol–water partition coefficient (Wildman–Crippen LogP) is 1.59. The molecule has 0 aliphatic heterocycles. The first kappa shape index (κ1) is 14.3. The third kappa shape index (κ3) is 3.62. The van der Waals surface area contributed by atoms with Crippen molar-refractivity contribution in [1.29, 1.82) is 0 Å². The largest absolute Gasteiger partial charge is 0.480 e. The third-order valence-corrected chi connectivity index (χ3v) is 2.48. The van der Waals surface area contributed by atoms with Gasteiger partial charge in [0.1, 0.15) is 16.3 Å². The van der Waals surface area contributed by atoms with E-state index in [9.17, 15) is 9.59 Å². The molecule has 0 fully saturated rings. The second-order valence-corrected chi connectivity index (χ2v) is 3.99. The molecule has 94 valence electrons. The molecule has 0 saturated heterocycles. The molecule has 2 N–H and O–H groups in total. The van der Waals surface area contributed by atoms with Gasteiger partial charge in [-0.3, -0.25) is 4.79 Å². The van der Waals surface area contributed by atoms with Crippen LogP contribution in [0.1, 0.15) is 16.8 Å². The van der Waals surface area contributed by atoms with E-state index in [1.54, 1.807) is 0 Å². The van der Waals surface area contributed by atoms with E-state index < -0.39 is 17.9 Å². The summed E-state index contributed by atoms with van der Waals surface area (Å²) in [6, 6.07) is 1.55. The number of aromatic nitrogens is 1. The summed E-state index contributed by atoms with van der Waals surface area (Å²) in [5.41, 5.74) is 0.0318. The van der Waals surface area contributed by atoms with Gasteiger partial charge in [0, 0.05) is 6.42 Å². The van der Waals surface area contributed by atoms with Crippen molar-refractivity contribution in [2.24, 2.45) is 0 Å². The van der Waals surface area contributed by atoms with Gasteiger partial charge < -0.3 is 10.4 Å². The van der Waals surface area contributed by atoms with Crippen LogP contribution in [-0.2, 0) is 4.79 Å². The molecule has 0 bridgehead atoms. The molecule has 1 aromatic rings. The van der Waals surface area contributed by atoms with E-state index in [0.717, 1.165) is 0 Å². The van der Waals surface area contributed by atoms with Crippen molar-refractivity contribution >= 4 is 35.1 Å². The summed E-state index contributed by atoms with van der Waals surface area (Å²) >= 11 is 11.3. The van der Waals surface area contributed by atoms with Crippen molar-refractivity contribution < 1.29 is 14.7 Å². The second-order valence-electron chi connectivity index (χ2n) is 3.24. The van der Waals surface area contributed by atoms with E-state index in [4.69, 9.17) is 34.7 Å². The first-order chi connectivity index (χ1) is 8.45. The molecule has 1 aromatic heterocycles. The van der Waals surface area contributed by atoms with Crippen LogP contribution in [0.25, 0.3) is 0 Å². The van der Waals surface area contributed by atoms with Crippen molar-refractivity contribution in [2.75, 3.05) is 0 Å². The lowest BCUT2D eigenvalue weighted by molar-refractivity contribution is -0.139. The minimum Gasteiger partial charge on any atom is -0.480 e. The quantitative estimate of drug-likeness (QED) is 0.651. The summed E-state index contributed by atoms with van der Waals surface area (Å²) in [5.74, 6) is 0.267. The Hall–Kier alpha value is -1.77. The second kappa shape index (κ2) is 6.24. The molecule has 1 atom stereocenters. The number of nitrogens with one attached hydrogen (secondary N) is 1. The van der Waals surface area contributed by atoms with Gasteiger partial charge in [0.15, 0.2) is 0 Å². The molecular formula is C11H8Cl2N2O3. The summed E-state index contributed by atoms with van der Waals surface area (Å²) in [6.45, 7) is 0. The highest BCUT2D eigenvalue weighted by Crippen LogP contribution is 2.16. The minimum atomic E-state index is -1.22. The Morgan fingerprint density at radius 3 is 2.67 bits per heavy atom. The molecule has 1 unspecified atom stereocenters. The van der Waals surface area contributed by atoms with Crippen molar-refractivity contribution in [2.45, 2.75) is 12.5 Å². The van der Waals surface area contributed by atoms with E-state index in [2.05, 4.69) is 16.2 Å². The number of aliphatic carboxylic acids is 1. The van der Waals surface area contributed by atoms with Crippen LogP contribution in [0.2, 0.25) is 10.3 Å². The van der Waals surface area contributed by atoms with Crippen LogP contribution >= 0.6 is 23.2 Å². The molecule has 7 heteroatoms. The SMILES string of the molecule is C#CCC(NC(=O)c1ccc(Cl)nc1Cl)C(=O)O. The number of nitrogens with zero attached hydrogens (tertiary/aromatic N) is 1. The fraction of sp³-hybridized carbons (Fsp3) is 0.182. The topological polar surface area (TPSA) is 79.3 Å². The first-order valence-corrected chi connectivity index (χ1v) is 5.50. The lowest BCUT2D eigenvalue weighted by Gasteiger charge is -2.12. The zero-order chi connectivity index (χ0) is 13.7. The number of halogens is 2. The number of amides is 1. The molecule has 1 amide bonds. The Bertz CT molecular complexity index is 526. The number of carboxylic acids is 1. The summed E-state index contributed by atoms with van der Waals surface area (Å²) in [7, 11) is 0. The van der Waals surface area contributed by atoms with Crippen molar-refractivity contribution in [1.82, 2.24) is 10.3 Å². The number of hydrogen-bond donors (Lipinski definition) is 2. The Balaban J connectivity index is 2.87. The monoisotopic (exact) mass is 286 g/mol. The molecule has 0 spiro atoms. The van der Waals surface area contributed by atoms with E-state index in [1.165, 1.54) is 12.1 Å². The number of hydrogen-bond acceptors (Lipinski definition) is 3. The summed E-state index contributed by atoms with van der Waals surface area (Å²) in [4.78, 5) is 26.2. The number of carboxylic acid groups (broad SMARTS) is 1. The molecule has 1 rings (SSSR count). The van der Waals surface area contributed by atoms with E-state index >= 15 is 0 Å². The van der Waals surface area contributed by atoms with Gasteiger partial charge in [-0.15, -0.1) is 12.3 Å².